The minimum absolute atomic E-state index is 0.176. The van der Waals surface area contributed by atoms with Crippen LogP contribution in [0.5, 0.6) is 11.5 Å². The van der Waals surface area contributed by atoms with Crippen molar-refractivity contribution in [2.75, 3.05) is 5.32 Å². The van der Waals surface area contributed by atoms with Gasteiger partial charge in [0.25, 0.3) is 0 Å². The zero-order valence-electron chi connectivity index (χ0n) is 14.5. The fourth-order valence-corrected chi connectivity index (χ4v) is 3.90. The highest BCUT2D eigenvalue weighted by molar-refractivity contribution is 5.97. The van der Waals surface area contributed by atoms with E-state index in [2.05, 4.69) is 5.32 Å². The highest BCUT2D eigenvalue weighted by Gasteiger charge is 2.53. The number of hydrogen-bond acceptors (Lipinski definition) is 4. The molecular weight excluding hydrogens is 342 g/mol. The van der Waals surface area contributed by atoms with Crippen molar-refractivity contribution in [1.29, 1.82) is 0 Å². The first-order valence-electron chi connectivity index (χ1n) is 8.62. The Bertz CT molecular complexity index is 1120. The maximum Gasteiger partial charge on any atom is 0.340 e. The van der Waals surface area contributed by atoms with Gasteiger partial charge in [0.1, 0.15) is 11.5 Å². The van der Waals surface area contributed by atoms with E-state index in [0.717, 1.165) is 11.1 Å². The van der Waals surface area contributed by atoms with Gasteiger partial charge in [0, 0.05) is 29.3 Å². The fourth-order valence-electron chi connectivity index (χ4n) is 3.90. The normalized spacial score (nSPS) is 18.8. The van der Waals surface area contributed by atoms with Gasteiger partial charge in [-0.05, 0) is 30.3 Å². The standard InChI is InChI=1S/C22H15NO4/c1-13(24)23-14-10-11-20-18(12-14)22(17-8-4-5-9-19(17)26-20)16-7-3-2-6-15(16)21(25)27-22/h2-12H,1H3,(H,23,24). The van der Waals surface area contributed by atoms with Gasteiger partial charge in [-0.25, -0.2) is 4.79 Å². The quantitative estimate of drug-likeness (QED) is 0.663. The largest absolute Gasteiger partial charge is 0.456 e. The molecule has 0 saturated heterocycles. The summed E-state index contributed by atoms with van der Waals surface area (Å²) in [5.74, 6) is 0.678. The predicted molar refractivity (Wildman–Crippen MR) is 99.0 cm³/mol. The number of ether oxygens (including phenoxy) is 2. The van der Waals surface area contributed by atoms with Gasteiger partial charge in [-0.3, -0.25) is 4.79 Å². The molecule has 1 spiro atoms. The van der Waals surface area contributed by atoms with Crippen LogP contribution in [0.3, 0.4) is 0 Å². The van der Waals surface area contributed by atoms with Gasteiger partial charge >= 0.3 is 5.97 Å². The fraction of sp³-hybridized carbons (Fsp3) is 0.0909. The number of benzene rings is 3. The molecule has 3 aromatic carbocycles. The number of amides is 1. The molecule has 5 heteroatoms. The molecule has 0 radical (unpaired) electrons. The number of esters is 1. The topological polar surface area (TPSA) is 64.6 Å². The molecule has 2 aliphatic rings. The molecule has 0 bridgehead atoms. The van der Waals surface area contributed by atoms with E-state index in [1.807, 2.05) is 48.5 Å². The first-order valence-corrected chi connectivity index (χ1v) is 8.62. The molecule has 132 valence electrons. The van der Waals surface area contributed by atoms with Crippen LogP contribution in [0.1, 0.15) is 34.0 Å². The van der Waals surface area contributed by atoms with Crippen molar-refractivity contribution >= 4 is 17.6 Å². The average Bonchev–Trinajstić information content (AvgIpc) is 2.96. The summed E-state index contributed by atoms with van der Waals surface area (Å²) in [6, 6.07) is 20.3. The SMILES string of the molecule is CC(=O)Nc1ccc2c(c1)C1(OC(=O)c3ccccc31)c1ccccc1O2. The van der Waals surface area contributed by atoms with Crippen LogP contribution in [0.2, 0.25) is 0 Å². The third-order valence-electron chi connectivity index (χ3n) is 4.94. The molecule has 3 aromatic rings. The molecule has 0 saturated carbocycles. The summed E-state index contributed by atoms with van der Waals surface area (Å²) in [6.07, 6.45) is 0. The summed E-state index contributed by atoms with van der Waals surface area (Å²) in [7, 11) is 0. The molecule has 5 rings (SSSR count). The second-order valence-electron chi connectivity index (χ2n) is 6.61. The lowest BCUT2D eigenvalue weighted by Crippen LogP contribution is -2.33. The third-order valence-corrected chi connectivity index (χ3v) is 4.94. The summed E-state index contributed by atoms with van der Waals surface area (Å²) < 4.78 is 12.1. The van der Waals surface area contributed by atoms with Crippen LogP contribution in [0.4, 0.5) is 5.69 Å². The number of rotatable bonds is 1. The highest BCUT2D eigenvalue weighted by atomic mass is 16.6. The highest BCUT2D eigenvalue weighted by Crippen LogP contribution is 2.56. The lowest BCUT2D eigenvalue weighted by Gasteiger charge is -2.36. The zero-order chi connectivity index (χ0) is 18.6. The number of nitrogens with one attached hydrogen (secondary N) is 1. The predicted octanol–water partition coefficient (Wildman–Crippen LogP) is 4.21. The van der Waals surface area contributed by atoms with E-state index >= 15 is 0 Å². The Kier molecular flexibility index (Phi) is 3.15. The Morgan fingerprint density at radius 3 is 2.41 bits per heavy atom. The first-order chi connectivity index (χ1) is 13.1. The first kappa shape index (κ1) is 15.6. The molecule has 0 aliphatic carbocycles. The molecular formula is C22H15NO4. The van der Waals surface area contributed by atoms with Crippen molar-refractivity contribution in [1.82, 2.24) is 0 Å². The third kappa shape index (κ3) is 2.11. The summed E-state index contributed by atoms with van der Waals surface area (Å²) in [5.41, 5.74) is 2.26. The Labute approximate surface area is 155 Å². The molecule has 2 heterocycles. The summed E-state index contributed by atoms with van der Waals surface area (Å²) in [5, 5.41) is 2.79. The van der Waals surface area contributed by atoms with Crippen LogP contribution in [0.25, 0.3) is 0 Å². The van der Waals surface area contributed by atoms with Crippen molar-refractivity contribution in [3.05, 3.63) is 89.0 Å². The number of carbonyl (C=O) groups is 2. The maximum atomic E-state index is 12.7. The summed E-state index contributed by atoms with van der Waals surface area (Å²) in [6.45, 7) is 1.45. The van der Waals surface area contributed by atoms with E-state index in [1.54, 1.807) is 18.2 Å². The van der Waals surface area contributed by atoms with Crippen molar-refractivity contribution in [2.24, 2.45) is 0 Å². The molecule has 1 atom stereocenters. The van der Waals surface area contributed by atoms with E-state index in [9.17, 15) is 9.59 Å². The summed E-state index contributed by atoms with van der Waals surface area (Å²) in [4.78, 5) is 24.2. The lowest BCUT2D eigenvalue weighted by molar-refractivity contribution is -0.114. The van der Waals surface area contributed by atoms with Gasteiger partial charge in [-0.2, -0.15) is 0 Å². The molecule has 1 unspecified atom stereocenters. The Morgan fingerprint density at radius 1 is 0.889 bits per heavy atom. The zero-order valence-corrected chi connectivity index (χ0v) is 14.5. The Balaban J connectivity index is 1.84. The van der Waals surface area contributed by atoms with Crippen LogP contribution < -0.4 is 10.1 Å². The van der Waals surface area contributed by atoms with Crippen LogP contribution in [-0.4, -0.2) is 11.9 Å². The van der Waals surface area contributed by atoms with E-state index < -0.39 is 5.60 Å². The molecule has 2 aliphatic heterocycles. The number of para-hydroxylation sites is 1. The molecule has 27 heavy (non-hydrogen) atoms. The molecule has 5 nitrogen and oxygen atoms in total. The molecule has 1 N–H and O–H groups in total. The molecule has 0 fully saturated rings. The van der Waals surface area contributed by atoms with Crippen molar-refractivity contribution in [3.63, 3.8) is 0 Å². The molecule has 1 amide bonds. The van der Waals surface area contributed by atoms with Crippen molar-refractivity contribution < 1.29 is 19.1 Å². The van der Waals surface area contributed by atoms with Crippen LogP contribution in [0.15, 0.2) is 66.7 Å². The van der Waals surface area contributed by atoms with E-state index in [4.69, 9.17) is 9.47 Å². The van der Waals surface area contributed by atoms with Crippen molar-refractivity contribution in [2.45, 2.75) is 12.5 Å². The lowest BCUT2D eigenvalue weighted by atomic mass is 9.77. The smallest absolute Gasteiger partial charge is 0.340 e. The van der Waals surface area contributed by atoms with E-state index in [1.165, 1.54) is 6.92 Å². The van der Waals surface area contributed by atoms with Gasteiger partial charge in [0.05, 0.1) is 5.56 Å². The number of anilines is 1. The summed E-state index contributed by atoms with van der Waals surface area (Å²) >= 11 is 0. The maximum absolute atomic E-state index is 12.7. The molecule has 0 aromatic heterocycles. The van der Waals surface area contributed by atoms with Crippen LogP contribution in [0, 0.1) is 0 Å². The second kappa shape index (κ2) is 5.45. The van der Waals surface area contributed by atoms with Gasteiger partial charge < -0.3 is 14.8 Å². The number of carbonyl (C=O) groups excluding carboxylic acids is 2. The van der Waals surface area contributed by atoms with Crippen LogP contribution in [-0.2, 0) is 15.1 Å². The minimum Gasteiger partial charge on any atom is -0.456 e. The monoisotopic (exact) mass is 357 g/mol. The van der Waals surface area contributed by atoms with Gasteiger partial charge in [-0.15, -0.1) is 0 Å². The second-order valence-corrected chi connectivity index (χ2v) is 6.61. The van der Waals surface area contributed by atoms with Crippen LogP contribution >= 0.6 is 0 Å². The van der Waals surface area contributed by atoms with Gasteiger partial charge in [-0.1, -0.05) is 36.4 Å². The minimum atomic E-state index is -1.10. The average molecular weight is 357 g/mol. The Morgan fingerprint density at radius 2 is 1.59 bits per heavy atom. The number of hydrogen-bond donors (Lipinski definition) is 1. The van der Waals surface area contributed by atoms with Gasteiger partial charge in [0.15, 0.2) is 5.60 Å². The van der Waals surface area contributed by atoms with E-state index in [-0.39, 0.29) is 11.9 Å². The van der Waals surface area contributed by atoms with E-state index in [0.29, 0.717) is 28.3 Å². The number of fused-ring (bicyclic) bond motifs is 6. The Hall–Kier alpha value is -3.60. The van der Waals surface area contributed by atoms with Crippen molar-refractivity contribution in [3.8, 4) is 11.5 Å². The van der Waals surface area contributed by atoms with Gasteiger partial charge in [0.2, 0.25) is 5.91 Å².